The molecule has 0 aliphatic carbocycles. The first-order valence-electron chi connectivity index (χ1n) is 5.51. The molecule has 1 atom stereocenters. The Morgan fingerprint density at radius 2 is 2.29 bits per heavy atom. The highest BCUT2D eigenvalue weighted by Gasteiger charge is 2.40. The van der Waals surface area contributed by atoms with Gasteiger partial charge in [-0.3, -0.25) is 14.6 Å². The molecule has 0 saturated carbocycles. The summed E-state index contributed by atoms with van der Waals surface area (Å²) in [5.41, 5.74) is 1.10. The maximum atomic E-state index is 12.1. The number of rotatable bonds is 3. The van der Waals surface area contributed by atoms with Gasteiger partial charge in [-0.1, -0.05) is 0 Å². The molecule has 1 aliphatic rings. The number of carbonyl (C=O) groups excluding carboxylic acids is 1. The largest absolute Gasteiger partial charge is 0.481 e. The van der Waals surface area contributed by atoms with Gasteiger partial charge in [-0.05, 0) is 26.0 Å². The molecule has 1 N–H and O–H groups in total. The fraction of sp³-hybridized carbons (Fsp3) is 0.417. The predicted molar refractivity (Wildman–Crippen MR) is 60.5 cm³/mol. The minimum atomic E-state index is -0.924. The second kappa shape index (κ2) is 4.16. The van der Waals surface area contributed by atoms with Crippen LogP contribution in [0.1, 0.15) is 42.4 Å². The minimum absolute atomic E-state index is 0.0407. The van der Waals surface area contributed by atoms with Crippen LogP contribution in [0.4, 0.5) is 0 Å². The van der Waals surface area contributed by atoms with Crippen molar-refractivity contribution in [3.8, 4) is 0 Å². The maximum Gasteiger partial charge on any atom is 0.305 e. The Bertz CT molecular complexity index is 471. The van der Waals surface area contributed by atoms with Gasteiger partial charge in [0.15, 0.2) is 0 Å². The van der Waals surface area contributed by atoms with Crippen molar-refractivity contribution in [2.75, 3.05) is 0 Å². The summed E-state index contributed by atoms with van der Waals surface area (Å²) in [6.07, 6.45) is 1.48. The molecular formula is C12H14N2O3. The number of pyridine rings is 1. The summed E-state index contributed by atoms with van der Waals surface area (Å²) in [5, 5.41) is 8.92. The fourth-order valence-electron chi connectivity index (χ4n) is 2.23. The molecule has 1 amide bonds. The highest BCUT2D eigenvalue weighted by Crippen LogP contribution is 2.35. The van der Waals surface area contributed by atoms with Gasteiger partial charge < -0.3 is 10.0 Å². The van der Waals surface area contributed by atoms with Crippen LogP contribution in [0.3, 0.4) is 0 Å². The van der Waals surface area contributed by atoms with Crippen LogP contribution in [0.25, 0.3) is 0 Å². The Morgan fingerprint density at radius 1 is 1.59 bits per heavy atom. The van der Waals surface area contributed by atoms with E-state index in [-0.39, 0.29) is 18.4 Å². The molecule has 0 spiro atoms. The van der Waals surface area contributed by atoms with Gasteiger partial charge in [-0.2, -0.15) is 0 Å². The number of nitrogens with zero attached hydrogens (tertiary/aromatic N) is 2. The number of aliphatic carboxylic acids is 1. The third kappa shape index (κ3) is 1.88. The van der Waals surface area contributed by atoms with Crippen LogP contribution in [-0.2, 0) is 4.79 Å². The number of carboxylic acid groups (broad SMARTS) is 1. The van der Waals surface area contributed by atoms with Gasteiger partial charge in [-0.25, -0.2) is 0 Å². The lowest BCUT2D eigenvalue weighted by molar-refractivity contribution is -0.138. The lowest BCUT2D eigenvalue weighted by Crippen LogP contribution is -2.35. The Hall–Kier alpha value is -1.91. The normalized spacial score (nSPS) is 18.6. The van der Waals surface area contributed by atoms with Gasteiger partial charge in [0.1, 0.15) is 0 Å². The second-order valence-electron chi connectivity index (χ2n) is 4.36. The first-order chi connectivity index (χ1) is 8.02. The second-order valence-corrected chi connectivity index (χ2v) is 4.36. The summed E-state index contributed by atoms with van der Waals surface area (Å²) >= 11 is 0. The summed E-state index contributed by atoms with van der Waals surface area (Å²) < 4.78 is 0. The first kappa shape index (κ1) is 11.6. The summed E-state index contributed by atoms with van der Waals surface area (Å²) in [5.74, 6) is -1.05. The van der Waals surface area contributed by atoms with Crippen molar-refractivity contribution in [2.45, 2.75) is 32.4 Å². The van der Waals surface area contributed by atoms with Crippen LogP contribution in [0.5, 0.6) is 0 Å². The Kier molecular flexibility index (Phi) is 2.83. The van der Waals surface area contributed by atoms with E-state index in [9.17, 15) is 9.59 Å². The summed E-state index contributed by atoms with van der Waals surface area (Å²) in [6.45, 7) is 3.75. The first-order valence-corrected chi connectivity index (χ1v) is 5.51. The lowest BCUT2D eigenvalue weighted by Gasteiger charge is -2.27. The topological polar surface area (TPSA) is 70.5 Å². The van der Waals surface area contributed by atoms with Crippen molar-refractivity contribution >= 4 is 11.9 Å². The quantitative estimate of drug-likeness (QED) is 0.859. The molecule has 17 heavy (non-hydrogen) atoms. The fourth-order valence-corrected chi connectivity index (χ4v) is 2.23. The van der Waals surface area contributed by atoms with Crippen LogP contribution < -0.4 is 0 Å². The third-order valence-electron chi connectivity index (χ3n) is 2.88. The lowest BCUT2D eigenvalue weighted by atomic mass is 10.1. The molecule has 2 rings (SSSR count). The van der Waals surface area contributed by atoms with E-state index in [0.717, 1.165) is 0 Å². The highest BCUT2D eigenvalue weighted by atomic mass is 16.4. The molecule has 1 aromatic rings. The number of hydrogen-bond donors (Lipinski definition) is 1. The smallest absolute Gasteiger partial charge is 0.305 e. The van der Waals surface area contributed by atoms with Crippen molar-refractivity contribution in [3.05, 3.63) is 29.6 Å². The average molecular weight is 234 g/mol. The van der Waals surface area contributed by atoms with E-state index in [1.54, 1.807) is 23.2 Å². The predicted octanol–water partition coefficient (Wildman–Crippen LogP) is 1.46. The molecule has 0 bridgehead atoms. The molecular weight excluding hydrogens is 220 g/mol. The Morgan fingerprint density at radius 3 is 2.88 bits per heavy atom. The van der Waals surface area contributed by atoms with Crippen LogP contribution in [-0.4, -0.2) is 32.9 Å². The standard InChI is InChI=1S/C12H14N2O3/c1-7(2)14-9(6-10(15)16)11-8(12(14)17)4-3-5-13-11/h3-5,7,9H,6H2,1-2H3,(H,15,16). The minimum Gasteiger partial charge on any atom is -0.481 e. The molecule has 1 aliphatic heterocycles. The molecule has 0 radical (unpaired) electrons. The zero-order chi connectivity index (χ0) is 12.6. The molecule has 2 heterocycles. The van der Waals surface area contributed by atoms with E-state index in [1.165, 1.54) is 0 Å². The van der Waals surface area contributed by atoms with Crippen molar-refractivity contribution < 1.29 is 14.7 Å². The van der Waals surface area contributed by atoms with Crippen molar-refractivity contribution in [3.63, 3.8) is 0 Å². The molecule has 1 unspecified atom stereocenters. The van der Waals surface area contributed by atoms with Crippen LogP contribution in [0.2, 0.25) is 0 Å². The van der Waals surface area contributed by atoms with Gasteiger partial charge in [0.25, 0.3) is 5.91 Å². The van der Waals surface area contributed by atoms with Gasteiger partial charge in [0.05, 0.1) is 23.7 Å². The van der Waals surface area contributed by atoms with E-state index in [1.807, 2.05) is 13.8 Å². The number of amides is 1. The highest BCUT2D eigenvalue weighted by molar-refractivity contribution is 5.99. The van der Waals surface area contributed by atoms with Gasteiger partial charge in [0.2, 0.25) is 0 Å². The van der Waals surface area contributed by atoms with Crippen molar-refractivity contribution in [1.29, 1.82) is 0 Å². The Balaban J connectivity index is 2.45. The summed E-state index contributed by atoms with van der Waals surface area (Å²) in [6, 6.07) is 2.90. The van der Waals surface area contributed by atoms with Crippen LogP contribution in [0, 0.1) is 0 Å². The zero-order valence-electron chi connectivity index (χ0n) is 9.75. The van der Waals surface area contributed by atoms with Crippen LogP contribution >= 0.6 is 0 Å². The summed E-state index contributed by atoms with van der Waals surface area (Å²) in [7, 11) is 0. The number of carboxylic acids is 1. The molecule has 0 aromatic carbocycles. The van der Waals surface area contributed by atoms with E-state index < -0.39 is 12.0 Å². The monoisotopic (exact) mass is 234 g/mol. The van der Waals surface area contributed by atoms with Crippen LogP contribution in [0.15, 0.2) is 18.3 Å². The van der Waals surface area contributed by atoms with Gasteiger partial charge in [-0.15, -0.1) is 0 Å². The average Bonchev–Trinajstić information content (AvgIpc) is 2.52. The summed E-state index contributed by atoms with van der Waals surface area (Å²) in [4.78, 5) is 28.7. The zero-order valence-corrected chi connectivity index (χ0v) is 9.75. The SMILES string of the molecule is CC(C)N1C(=O)c2cccnc2C1CC(=O)O. The molecule has 5 nitrogen and oxygen atoms in total. The number of carbonyl (C=O) groups is 2. The maximum absolute atomic E-state index is 12.1. The van der Waals surface area contributed by atoms with Crippen molar-refractivity contribution in [2.24, 2.45) is 0 Å². The Labute approximate surface area is 99.1 Å². The van der Waals surface area contributed by atoms with E-state index in [4.69, 9.17) is 5.11 Å². The van der Waals surface area contributed by atoms with Gasteiger partial charge >= 0.3 is 5.97 Å². The number of aromatic nitrogens is 1. The third-order valence-corrected chi connectivity index (χ3v) is 2.88. The molecule has 0 saturated heterocycles. The molecule has 0 fully saturated rings. The van der Waals surface area contributed by atoms with E-state index in [0.29, 0.717) is 11.3 Å². The van der Waals surface area contributed by atoms with Crippen molar-refractivity contribution in [1.82, 2.24) is 9.88 Å². The number of fused-ring (bicyclic) bond motifs is 1. The molecule has 5 heteroatoms. The molecule has 1 aromatic heterocycles. The van der Waals surface area contributed by atoms with Gasteiger partial charge in [0, 0.05) is 12.2 Å². The van der Waals surface area contributed by atoms with E-state index >= 15 is 0 Å². The molecule has 90 valence electrons. The van der Waals surface area contributed by atoms with E-state index in [2.05, 4.69) is 4.98 Å². The number of hydrogen-bond acceptors (Lipinski definition) is 3.